The summed E-state index contributed by atoms with van der Waals surface area (Å²) >= 11 is 0. The molecule has 0 aliphatic rings. The first kappa shape index (κ1) is 14.5. The van der Waals surface area contributed by atoms with Gasteiger partial charge in [0.05, 0.1) is 17.7 Å². The second-order valence-electron chi connectivity index (χ2n) is 4.47. The molecule has 0 aliphatic heterocycles. The molecule has 4 N–H and O–H groups in total. The number of halogens is 1. The second kappa shape index (κ2) is 6.04. The molecule has 0 heterocycles. The van der Waals surface area contributed by atoms with E-state index < -0.39 is 17.7 Å². The Morgan fingerprint density at radius 3 is 2.62 bits per heavy atom. The predicted molar refractivity (Wildman–Crippen MR) is 76.5 cm³/mol. The maximum absolute atomic E-state index is 13.0. The Labute approximate surface area is 120 Å². The van der Waals surface area contributed by atoms with Gasteiger partial charge >= 0.3 is 5.97 Å². The average Bonchev–Trinajstić information content (AvgIpc) is 2.38. The molecule has 0 radical (unpaired) electrons. The molecule has 0 unspecified atom stereocenters. The summed E-state index contributed by atoms with van der Waals surface area (Å²) < 4.78 is 13.0. The highest BCUT2D eigenvalue weighted by Crippen LogP contribution is 2.19. The minimum Gasteiger partial charge on any atom is -0.478 e. The Hall–Kier alpha value is -2.89. The number of carbonyl (C=O) groups excluding carboxylic acids is 1. The number of nitrogen functional groups attached to an aromatic ring is 1. The topological polar surface area (TPSA) is 92.4 Å². The fraction of sp³-hybridized carbons (Fsp3) is 0.0667. The molecular formula is C15H13FN2O3. The highest BCUT2D eigenvalue weighted by molar-refractivity contribution is 6.01. The van der Waals surface area contributed by atoms with Crippen molar-refractivity contribution in [3.05, 3.63) is 59.4 Å². The monoisotopic (exact) mass is 288 g/mol. The van der Waals surface area contributed by atoms with E-state index in [9.17, 15) is 14.0 Å². The van der Waals surface area contributed by atoms with Crippen LogP contribution in [0.3, 0.4) is 0 Å². The maximum Gasteiger partial charge on any atom is 0.337 e. The number of hydrogen-bond acceptors (Lipinski definition) is 3. The molecule has 0 aromatic heterocycles. The fourth-order valence-electron chi connectivity index (χ4n) is 1.88. The number of nitrogens with two attached hydrogens (primary N) is 1. The summed E-state index contributed by atoms with van der Waals surface area (Å²) in [5.41, 5.74) is 6.47. The Balaban J connectivity index is 2.16. The Bertz CT molecular complexity index is 701. The molecule has 1 amide bonds. The Kier molecular flexibility index (Phi) is 4.18. The van der Waals surface area contributed by atoms with Crippen LogP contribution in [0, 0.1) is 5.82 Å². The van der Waals surface area contributed by atoms with E-state index >= 15 is 0 Å². The zero-order valence-electron chi connectivity index (χ0n) is 11.0. The van der Waals surface area contributed by atoms with Crippen molar-refractivity contribution < 1.29 is 19.1 Å². The van der Waals surface area contributed by atoms with Crippen LogP contribution >= 0.6 is 0 Å². The molecule has 2 aromatic carbocycles. The summed E-state index contributed by atoms with van der Waals surface area (Å²) in [4.78, 5) is 23.0. The van der Waals surface area contributed by atoms with Crippen LogP contribution in [0.4, 0.5) is 15.8 Å². The fourth-order valence-corrected chi connectivity index (χ4v) is 1.88. The summed E-state index contributed by atoms with van der Waals surface area (Å²) in [5.74, 6) is -2.06. The molecule has 0 spiro atoms. The SMILES string of the molecule is Nc1ccc(C(=O)O)c(NC(=O)Cc2cccc(F)c2)c1. The molecule has 6 heteroatoms. The summed E-state index contributed by atoms with van der Waals surface area (Å²) in [6, 6.07) is 9.76. The van der Waals surface area contributed by atoms with Crippen LogP contribution in [-0.2, 0) is 11.2 Å². The van der Waals surface area contributed by atoms with E-state index in [2.05, 4.69) is 5.32 Å². The van der Waals surface area contributed by atoms with Gasteiger partial charge in [-0.05, 0) is 35.9 Å². The number of anilines is 2. The van der Waals surface area contributed by atoms with Gasteiger partial charge in [0, 0.05) is 5.69 Å². The summed E-state index contributed by atoms with van der Waals surface area (Å²) in [5, 5.41) is 11.5. The quantitative estimate of drug-likeness (QED) is 0.752. The van der Waals surface area contributed by atoms with E-state index in [4.69, 9.17) is 10.8 Å². The van der Waals surface area contributed by atoms with Crippen LogP contribution in [-0.4, -0.2) is 17.0 Å². The lowest BCUT2D eigenvalue weighted by atomic mass is 10.1. The van der Waals surface area contributed by atoms with Gasteiger partial charge < -0.3 is 16.2 Å². The van der Waals surface area contributed by atoms with Crippen LogP contribution in [0.5, 0.6) is 0 Å². The molecule has 2 aromatic rings. The minimum atomic E-state index is -1.17. The van der Waals surface area contributed by atoms with Gasteiger partial charge in [0.15, 0.2) is 0 Å². The third kappa shape index (κ3) is 3.79. The Morgan fingerprint density at radius 2 is 1.95 bits per heavy atom. The molecule has 0 atom stereocenters. The third-order valence-corrected chi connectivity index (χ3v) is 2.80. The number of carboxylic acid groups (broad SMARTS) is 1. The first-order valence-electron chi connectivity index (χ1n) is 6.13. The van der Waals surface area contributed by atoms with E-state index in [-0.39, 0.29) is 17.7 Å². The van der Waals surface area contributed by atoms with E-state index in [1.807, 2.05) is 0 Å². The van der Waals surface area contributed by atoms with Gasteiger partial charge in [0.1, 0.15) is 5.82 Å². The van der Waals surface area contributed by atoms with Crippen molar-refractivity contribution in [2.45, 2.75) is 6.42 Å². The molecule has 21 heavy (non-hydrogen) atoms. The lowest BCUT2D eigenvalue weighted by Gasteiger charge is -2.09. The minimum absolute atomic E-state index is 0.0585. The van der Waals surface area contributed by atoms with E-state index in [0.717, 1.165) is 0 Å². The van der Waals surface area contributed by atoms with Crippen molar-refractivity contribution in [1.29, 1.82) is 0 Å². The molecule has 108 valence electrons. The first-order chi connectivity index (χ1) is 9.95. The summed E-state index contributed by atoms with van der Waals surface area (Å²) in [6.45, 7) is 0. The normalized spacial score (nSPS) is 10.1. The molecule has 0 bridgehead atoms. The van der Waals surface area contributed by atoms with Crippen LogP contribution in [0.2, 0.25) is 0 Å². The van der Waals surface area contributed by atoms with Crippen molar-refractivity contribution in [3.63, 3.8) is 0 Å². The van der Waals surface area contributed by atoms with Crippen LogP contribution in [0.15, 0.2) is 42.5 Å². The Morgan fingerprint density at radius 1 is 1.19 bits per heavy atom. The summed E-state index contributed by atoms with van der Waals surface area (Å²) in [6.07, 6.45) is -0.0639. The number of hydrogen-bond donors (Lipinski definition) is 3. The van der Waals surface area contributed by atoms with Crippen molar-refractivity contribution in [1.82, 2.24) is 0 Å². The van der Waals surface area contributed by atoms with Crippen LogP contribution < -0.4 is 11.1 Å². The van der Waals surface area contributed by atoms with E-state index in [1.165, 1.54) is 36.4 Å². The van der Waals surface area contributed by atoms with Gasteiger partial charge in [-0.1, -0.05) is 12.1 Å². The number of benzene rings is 2. The van der Waals surface area contributed by atoms with E-state index in [0.29, 0.717) is 11.3 Å². The molecular weight excluding hydrogens is 275 g/mol. The first-order valence-corrected chi connectivity index (χ1v) is 6.13. The standard InChI is InChI=1S/C15H13FN2O3/c16-10-3-1-2-9(6-10)7-14(19)18-13-8-11(17)4-5-12(13)15(20)21/h1-6,8H,7,17H2,(H,18,19)(H,20,21). The third-order valence-electron chi connectivity index (χ3n) is 2.80. The average molecular weight is 288 g/mol. The number of nitrogens with one attached hydrogen (secondary N) is 1. The smallest absolute Gasteiger partial charge is 0.337 e. The highest BCUT2D eigenvalue weighted by atomic mass is 19.1. The molecule has 5 nitrogen and oxygen atoms in total. The van der Waals surface area contributed by atoms with Gasteiger partial charge in [-0.2, -0.15) is 0 Å². The van der Waals surface area contributed by atoms with Crippen molar-refractivity contribution in [2.24, 2.45) is 0 Å². The van der Waals surface area contributed by atoms with Gasteiger partial charge in [-0.3, -0.25) is 4.79 Å². The molecule has 0 saturated carbocycles. The molecule has 2 rings (SSSR count). The lowest BCUT2D eigenvalue weighted by Crippen LogP contribution is -2.17. The lowest BCUT2D eigenvalue weighted by molar-refractivity contribution is -0.115. The van der Waals surface area contributed by atoms with Crippen LogP contribution in [0.25, 0.3) is 0 Å². The summed E-state index contributed by atoms with van der Waals surface area (Å²) in [7, 11) is 0. The molecule has 0 saturated heterocycles. The molecule has 0 aliphatic carbocycles. The van der Waals surface area contributed by atoms with Crippen molar-refractivity contribution in [3.8, 4) is 0 Å². The highest BCUT2D eigenvalue weighted by Gasteiger charge is 2.13. The second-order valence-corrected chi connectivity index (χ2v) is 4.47. The van der Waals surface area contributed by atoms with Crippen LogP contribution in [0.1, 0.15) is 15.9 Å². The number of amides is 1. The maximum atomic E-state index is 13.0. The van der Waals surface area contributed by atoms with Crippen molar-refractivity contribution >= 4 is 23.3 Å². The van der Waals surface area contributed by atoms with Gasteiger partial charge in [-0.15, -0.1) is 0 Å². The zero-order chi connectivity index (χ0) is 15.4. The number of aromatic carboxylic acids is 1. The molecule has 0 fully saturated rings. The van der Waals surface area contributed by atoms with Crippen molar-refractivity contribution in [2.75, 3.05) is 11.1 Å². The van der Waals surface area contributed by atoms with Gasteiger partial charge in [0.2, 0.25) is 5.91 Å². The van der Waals surface area contributed by atoms with E-state index in [1.54, 1.807) is 6.07 Å². The number of carbonyl (C=O) groups is 2. The predicted octanol–water partition coefficient (Wildman–Crippen LogP) is 2.29. The zero-order valence-corrected chi connectivity index (χ0v) is 11.0. The van der Waals surface area contributed by atoms with Gasteiger partial charge in [0.25, 0.3) is 0 Å². The van der Waals surface area contributed by atoms with Gasteiger partial charge in [-0.25, -0.2) is 9.18 Å². The number of carboxylic acids is 1. The largest absolute Gasteiger partial charge is 0.478 e. The number of rotatable bonds is 4.